The molecule has 2 rings (SSSR count). The molecule has 1 aromatic carbocycles. The Morgan fingerprint density at radius 3 is 2.79 bits per heavy atom. The van der Waals surface area contributed by atoms with E-state index in [1.54, 1.807) is 23.1 Å². The lowest BCUT2D eigenvalue weighted by molar-refractivity contribution is -0.116. The molecule has 19 heavy (non-hydrogen) atoms. The molecule has 0 radical (unpaired) electrons. The smallest absolute Gasteiger partial charge is 0.245 e. The van der Waals surface area contributed by atoms with Crippen LogP contribution in [0.1, 0.15) is 18.1 Å². The number of nitrogens with zero attached hydrogens (tertiary/aromatic N) is 2. The summed E-state index contributed by atoms with van der Waals surface area (Å²) in [6.45, 7) is 6.60. The third kappa shape index (κ3) is 3.09. The van der Waals surface area contributed by atoms with Crippen molar-refractivity contribution in [2.75, 3.05) is 12.0 Å². The molecule has 0 spiro atoms. The molecule has 3 nitrogen and oxygen atoms in total. The third-order valence-electron chi connectivity index (χ3n) is 2.89. The molecule has 2 aromatic rings. The van der Waals surface area contributed by atoms with Crippen LogP contribution < -0.4 is 4.80 Å². The van der Waals surface area contributed by atoms with Crippen molar-refractivity contribution in [3.63, 3.8) is 0 Å². The molecule has 5 heteroatoms. The van der Waals surface area contributed by atoms with Crippen LogP contribution in [0.15, 0.2) is 17.1 Å². The molecule has 0 saturated heterocycles. The molecule has 0 bridgehead atoms. The predicted octanol–water partition coefficient (Wildman–Crippen LogP) is 3.13. The first-order valence-corrected chi connectivity index (χ1v) is 8.38. The maximum atomic E-state index is 11.3. The Balaban J connectivity index is 2.74. The molecule has 102 valence electrons. The van der Waals surface area contributed by atoms with Crippen LogP contribution >= 0.6 is 23.1 Å². The highest BCUT2D eigenvalue weighted by atomic mass is 32.2. The lowest BCUT2D eigenvalue weighted by atomic mass is 10.1. The number of amides is 1. The highest BCUT2D eigenvalue weighted by Crippen LogP contribution is 2.23. The number of benzene rings is 1. The summed E-state index contributed by atoms with van der Waals surface area (Å²) in [5.41, 5.74) is 3.69. The molecular formula is C14H18N2OS2. The van der Waals surface area contributed by atoms with E-state index in [0.717, 1.165) is 17.1 Å². The molecule has 0 atom stereocenters. The van der Waals surface area contributed by atoms with Gasteiger partial charge >= 0.3 is 0 Å². The number of aromatic nitrogens is 1. The number of thiazole rings is 1. The molecular weight excluding hydrogens is 276 g/mol. The summed E-state index contributed by atoms with van der Waals surface area (Å²) in [6, 6.07) is 4.35. The van der Waals surface area contributed by atoms with Gasteiger partial charge in [0.05, 0.1) is 10.2 Å². The van der Waals surface area contributed by atoms with Gasteiger partial charge in [0.2, 0.25) is 5.91 Å². The second kappa shape index (κ2) is 5.92. The highest BCUT2D eigenvalue weighted by molar-refractivity contribution is 7.98. The maximum absolute atomic E-state index is 11.3. The average molecular weight is 294 g/mol. The van der Waals surface area contributed by atoms with Crippen LogP contribution in [-0.4, -0.2) is 22.5 Å². The standard InChI is InChI=1S/C14H18N2OS2/c1-9-7-10(2)13-12(8-9)16(5-6-18-4)14(19-13)15-11(3)17/h7-8H,5-6H2,1-4H3. The Labute approximate surface area is 121 Å². The molecule has 1 heterocycles. The van der Waals surface area contributed by atoms with Gasteiger partial charge in [-0.15, -0.1) is 0 Å². The van der Waals surface area contributed by atoms with Crippen LogP contribution in [0.5, 0.6) is 0 Å². The number of aryl methyl sites for hydroxylation is 3. The van der Waals surface area contributed by atoms with E-state index in [4.69, 9.17) is 0 Å². The molecule has 1 amide bonds. The zero-order valence-corrected chi connectivity index (χ0v) is 13.3. The molecule has 0 saturated carbocycles. The largest absolute Gasteiger partial charge is 0.315 e. The Kier molecular flexibility index (Phi) is 4.47. The number of hydrogen-bond acceptors (Lipinski definition) is 3. The van der Waals surface area contributed by atoms with Gasteiger partial charge in [0.25, 0.3) is 0 Å². The Morgan fingerprint density at radius 2 is 2.16 bits per heavy atom. The number of fused-ring (bicyclic) bond motifs is 1. The Morgan fingerprint density at radius 1 is 1.42 bits per heavy atom. The second-order valence-corrected chi connectivity index (χ2v) is 6.55. The fourth-order valence-corrected chi connectivity index (χ4v) is 3.65. The quantitative estimate of drug-likeness (QED) is 0.871. The first kappa shape index (κ1) is 14.3. The van der Waals surface area contributed by atoms with Crippen molar-refractivity contribution in [2.24, 2.45) is 4.99 Å². The molecule has 0 N–H and O–H groups in total. The maximum Gasteiger partial charge on any atom is 0.245 e. The van der Waals surface area contributed by atoms with Crippen LogP contribution in [0.25, 0.3) is 10.2 Å². The monoisotopic (exact) mass is 294 g/mol. The van der Waals surface area contributed by atoms with Crippen LogP contribution in [-0.2, 0) is 11.3 Å². The van der Waals surface area contributed by atoms with Crippen LogP contribution in [0.2, 0.25) is 0 Å². The van der Waals surface area contributed by atoms with Gasteiger partial charge in [0.15, 0.2) is 4.80 Å². The first-order chi connectivity index (χ1) is 9.02. The number of carbonyl (C=O) groups excluding carboxylic acids is 1. The van der Waals surface area contributed by atoms with Crippen molar-refractivity contribution >= 4 is 39.2 Å². The van der Waals surface area contributed by atoms with Crippen molar-refractivity contribution in [2.45, 2.75) is 27.3 Å². The Bertz CT molecular complexity index is 683. The van der Waals surface area contributed by atoms with Gasteiger partial charge in [0, 0.05) is 19.2 Å². The lowest BCUT2D eigenvalue weighted by Gasteiger charge is -2.05. The van der Waals surface area contributed by atoms with Gasteiger partial charge in [-0.1, -0.05) is 17.4 Å². The fourth-order valence-electron chi connectivity index (χ4n) is 2.13. The van der Waals surface area contributed by atoms with Gasteiger partial charge in [-0.2, -0.15) is 16.8 Å². The normalized spacial score (nSPS) is 12.3. The highest BCUT2D eigenvalue weighted by Gasteiger charge is 2.09. The molecule has 0 fully saturated rings. The minimum Gasteiger partial charge on any atom is -0.315 e. The SMILES string of the molecule is CSCCn1c(=NC(C)=O)sc2c(C)cc(C)cc21. The zero-order valence-electron chi connectivity index (χ0n) is 11.7. The van der Waals surface area contributed by atoms with E-state index >= 15 is 0 Å². The van der Waals surface area contributed by atoms with E-state index in [9.17, 15) is 4.79 Å². The zero-order chi connectivity index (χ0) is 14.0. The van der Waals surface area contributed by atoms with E-state index in [1.807, 2.05) is 0 Å². The number of rotatable bonds is 3. The summed E-state index contributed by atoms with van der Waals surface area (Å²) >= 11 is 3.41. The van der Waals surface area contributed by atoms with Crippen LogP contribution in [0, 0.1) is 13.8 Å². The van der Waals surface area contributed by atoms with E-state index in [-0.39, 0.29) is 5.91 Å². The van der Waals surface area contributed by atoms with Gasteiger partial charge in [-0.25, -0.2) is 0 Å². The molecule has 0 aliphatic rings. The van der Waals surface area contributed by atoms with Crippen molar-refractivity contribution < 1.29 is 4.79 Å². The van der Waals surface area contributed by atoms with E-state index in [0.29, 0.717) is 0 Å². The number of hydrogen-bond donors (Lipinski definition) is 0. The summed E-state index contributed by atoms with van der Waals surface area (Å²) in [5.74, 6) is 0.878. The van der Waals surface area contributed by atoms with Gasteiger partial charge in [-0.3, -0.25) is 4.79 Å². The number of thioether (sulfide) groups is 1. The minimum atomic E-state index is -0.140. The topological polar surface area (TPSA) is 34.4 Å². The summed E-state index contributed by atoms with van der Waals surface area (Å²) in [5, 5.41) is 0. The van der Waals surface area contributed by atoms with Crippen molar-refractivity contribution in [1.82, 2.24) is 4.57 Å². The molecule has 0 aliphatic heterocycles. The molecule has 0 unspecified atom stereocenters. The van der Waals surface area contributed by atoms with E-state index in [2.05, 4.69) is 41.8 Å². The summed E-state index contributed by atoms with van der Waals surface area (Å²) in [6.07, 6.45) is 2.09. The predicted molar refractivity (Wildman–Crippen MR) is 83.9 cm³/mol. The second-order valence-electron chi connectivity index (χ2n) is 4.59. The van der Waals surface area contributed by atoms with Gasteiger partial charge in [-0.05, 0) is 37.3 Å². The average Bonchev–Trinajstić information content (AvgIpc) is 2.64. The first-order valence-electron chi connectivity index (χ1n) is 6.17. The Hall–Kier alpha value is -1.07. The van der Waals surface area contributed by atoms with Crippen molar-refractivity contribution in [3.8, 4) is 0 Å². The number of carbonyl (C=O) groups is 1. The van der Waals surface area contributed by atoms with Crippen molar-refractivity contribution in [1.29, 1.82) is 0 Å². The third-order valence-corrected chi connectivity index (χ3v) is 4.71. The molecule has 1 aromatic heterocycles. The molecule has 0 aliphatic carbocycles. The van der Waals surface area contributed by atoms with Crippen LogP contribution in [0.4, 0.5) is 0 Å². The summed E-state index contributed by atoms with van der Waals surface area (Å²) < 4.78 is 3.39. The van der Waals surface area contributed by atoms with Crippen molar-refractivity contribution in [3.05, 3.63) is 28.1 Å². The van der Waals surface area contributed by atoms with Gasteiger partial charge in [0.1, 0.15) is 0 Å². The minimum absolute atomic E-state index is 0.140. The van der Waals surface area contributed by atoms with Gasteiger partial charge < -0.3 is 4.57 Å². The summed E-state index contributed by atoms with van der Waals surface area (Å²) in [4.78, 5) is 16.3. The van der Waals surface area contributed by atoms with E-state index < -0.39 is 0 Å². The van der Waals surface area contributed by atoms with Crippen LogP contribution in [0.3, 0.4) is 0 Å². The summed E-state index contributed by atoms with van der Waals surface area (Å²) in [7, 11) is 0. The van der Waals surface area contributed by atoms with E-state index in [1.165, 1.54) is 28.3 Å². The fraction of sp³-hybridized carbons (Fsp3) is 0.429. The lowest BCUT2D eigenvalue weighted by Crippen LogP contribution is -2.17.